The number of aromatic nitrogens is 3. The van der Waals surface area contributed by atoms with E-state index in [4.69, 9.17) is 4.74 Å². The number of aryl methyl sites for hydroxylation is 2. The smallest absolute Gasteiger partial charge is 0.493 e. The molecule has 0 fully saturated rings. The molecule has 0 unspecified atom stereocenters. The van der Waals surface area contributed by atoms with Crippen LogP contribution in [-0.2, 0) is 34.8 Å². The van der Waals surface area contributed by atoms with Crippen LogP contribution in [0.1, 0.15) is 23.7 Å². The van der Waals surface area contributed by atoms with Crippen molar-refractivity contribution in [3.05, 3.63) is 33.2 Å². The maximum atomic E-state index is 12.6. The van der Waals surface area contributed by atoms with Gasteiger partial charge < -0.3 is 9.84 Å². The molecule has 0 aromatic carbocycles. The van der Waals surface area contributed by atoms with Gasteiger partial charge >= 0.3 is 16.5 Å². The Bertz CT molecular complexity index is 891. The summed E-state index contributed by atoms with van der Waals surface area (Å²) in [7, 11) is 1.77. The second kappa shape index (κ2) is 9.27. The second-order valence-electron chi connectivity index (χ2n) is 5.41. The Morgan fingerprint density at radius 1 is 1.38 bits per heavy atom. The Morgan fingerprint density at radius 2 is 2.08 bits per heavy atom. The van der Waals surface area contributed by atoms with E-state index in [0.29, 0.717) is 12.4 Å². The van der Waals surface area contributed by atoms with Crippen LogP contribution in [-0.4, -0.2) is 32.7 Å². The SMILES string of the molecule is CCOCCn1c(O)c(C#N)c(C)c(N=Nc2cc(C)n(C)n2)c1=O.[Ni+2]. The topological polar surface area (TPSA) is 118 Å². The number of azo groups is 1. The van der Waals surface area contributed by atoms with Gasteiger partial charge in [-0.15, -0.1) is 10.2 Å². The summed E-state index contributed by atoms with van der Waals surface area (Å²) in [6.45, 7) is 6.06. The summed E-state index contributed by atoms with van der Waals surface area (Å²) in [6.07, 6.45) is 0. The molecule has 0 radical (unpaired) electrons. The van der Waals surface area contributed by atoms with Crippen molar-refractivity contribution >= 4 is 11.5 Å². The fourth-order valence-corrected chi connectivity index (χ4v) is 2.26. The van der Waals surface area contributed by atoms with Crippen LogP contribution >= 0.6 is 0 Å². The first-order chi connectivity index (χ1) is 11.9. The van der Waals surface area contributed by atoms with Crippen LogP contribution in [0.5, 0.6) is 5.88 Å². The van der Waals surface area contributed by atoms with E-state index in [9.17, 15) is 15.2 Å². The van der Waals surface area contributed by atoms with E-state index in [-0.39, 0.29) is 46.5 Å². The third-order valence-corrected chi connectivity index (χ3v) is 3.79. The summed E-state index contributed by atoms with van der Waals surface area (Å²) < 4.78 is 7.92. The zero-order valence-corrected chi connectivity index (χ0v) is 15.9. The van der Waals surface area contributed by atoms with E-state index in [0.717, 1.165) is 10.3 Å². The molecule has 26 heavy (non-hydrogen) atoms. The average molecular weight is 403 g/mol. The summed E-state index contributed by atoms with van der Waals surface area (Å²) in [4.78, 5) is 12.6. The van der Waals surface area contributed by atoms with Crippen LogP contribution < -0.4 is 5.56 Å². The second-order valence-corrected chi connectivity index (χ2v) is 5.41. The predicted octanol–water partition coefficient (Wildman–Crippen LogP) is 2.23. The molecule has 1 N–H and O–H groups in total. The molecule has 2 heterocycles. The molecule has 2 rings (SSSR count). The number of aromatic hydroxyl groups is 1. The monoisotopic (exact) mass is 402 g/mol. The Morgan fingerprint density at radius 3 is 2.62 bits per heavy atom. The van der Waals surface area contributed by atoms with Crippen molar-refractivity contribution in [3.63, 3.8) is 0 Å². The Labute approximate surface area is 160 Å². The fraction of sp³-hybridized carbons (Fsp3) is 0.438. The molecule has 0 aliphatic carbocycles. The summed E-state index contributed by atoms with van der Waals surface area (Å²) in [5.74, 6) is -0.0383. The molecule has 0 atom stereocenters. The van der Waals surface area contributed by atoms with E-state index < -0.39 is 11.4 Å². The molecule has 10 heteroatoms. The van der Waals surface area contributed by atoms with Gasteiger partial charge in [-0.2, -0.15) is 10.4 Å². The first-order valence-corrected chi connectivity index (χ1v) is 7.77. The average Bonchev–Trinajstić information content (AvgIpc) is 2.89. The van der Waals surface area contributed by atoms with Crippen LogP contribution in [0.2, 0.25) is 0 Å². The Hall–Kier alpha value is -2.50. The van der Waals surface area contributed by atoms with Crippen LogP contribution in [0.25, 0.3) is 0 Å². The van der Waals surface area contributed by atoms with Gasteiger partial charge in [-0.05, 0) is 20.8 Å². The normalized spacial score (nSPS) is 10.7. The number of nitriles is 1. The zero-order chi connectivity index (χ0) is 18.6. The first kappa shape index (κ1) is 21.5. The predicted molar refractivity (Wildman–Crippen MR) is 90.4 cm³/mol. The van der Waals surface area contributed by atoms with Gasteiger partial charge in [0.05, 0.1) is 13.2 Å². The molecule has 0 amide bonds. The molecular formula is C16H20N6NiO3+2. The minimum Gasteiger partial charge on any atom is -0.493 e. The van der Waals surface area contributed by atoms with Gasteiger partial charge in [0.1, 0.15) is 11.6 Å². The molecule has 2 aromatic heterocycles. The van der Waals surface area contributed by atoms with Crippen molar-refractivity contribution in [2.45, 2.75) is 27.3 Å². The van der Waals surface area contributed by atoms with Gasteiger partial charge in [-0.1, -0.05) is 0 Å². The third kappa shape index (κ3) is 4.37. The largest absolute Gasteiger partial charge is 2.00 e. The maximum absolute atomic E-state index is 12.6. The number of hydrogen-bond acceptors (Lipinski definition) is 7. The number of rotatable bonds is 6. The first-order valence-electron chi connectivity index (χ1n) is 7.77. The van der Waals surface area contributed by atoms with Crippen molar-refractivity contribution < 1.29 is 26.3 Å². The minimum absolute atomic E-state index is 0. The van der Waals surface area contributed by atoms with E-state index in [2.05, 4.69) is 15.3 Å². The zero-order valence-electron chi connectivity index (χ0n) is 15.0. The van der Waals surface area contributed by atoms with Gasteiger partial charge in [-0.25, -0.2) is 0 Å². The van der Waals surface area contributed by atoms with Crippen LogP contribution in [0.4, 0.5) is 11.5 Å². The molecule has 0 bridgehead atoms. The van der Waals surface area contributed by atoms with Crippen molar-refractivity contribution in [3.8, 4) is 11.9 Å². The van der Waals surface area contributed by atoms with Crippen molar-refractivity contribution in [1.82, 2.24) is 14.3 Å². The maximum Gasteiger partial charge on any atom is 2.00 e. The summed E-state index contributed by atoms with van der Waals surface area (Å²) in [5.41, 5.74) is 0.610. The minimum atomic E-state index is -0.537. The van der Waals surface area contributed by atoms with E-state index in [1.165, 1.54) is 0 Å². The number of hydrogen-bond donors (Lipinski definition) is 1. The standard InChI is InChI=1S/C16H20N6O3.Ni/c1-5-25-7-6-22-15(23)12(9-17)11(3)14(16(22)24)19-18-13-8-10(2)21(4)20-13;/h8,23H,5-7H2,1-4H3;/q;+2. The van der Waals surface area contributed by atoms with Gasteiger partial charge in [0.2, 0.25) is 5.88 Å². The van der Waals surface area contributed by atoms with E-state index in [1.807, 2.05) is 19.9 Å². The molecule has 0 aliphatic rings. The Balaban J connectivity index is 0.00000338. The fourth-order valence-electron chi connectivity index (χ4n) is 2.26. The third-order valence-electron chi connectivity index (χ3n) is 3.79. The molecule has 0 spiro atoms. The van der Waals surface area contributed by atoms with Crippen LogP contribution in [0.3, 0.4) is 0 Å². The van der Waals surface area contributed by atoms with E-state index >= 15 is 0 Å². The number of nitrogens with zero attached hydrogens (tertiary/aromatic N) is 6. The quantitative estimate of drug-likeness (QED) is 0.451. The van der Waals surface area contributed by atoms with Crippen LogP contribution in [0.15, 0.2) is 21.1 Å². The molecule has 0 saturated carbocycles. The van der Waals surface area contributed by atoms with Gasteiger partial charge in [0, 0.05) is 31.0 Å². The molecule has 140 valence electrons. The number of pyridine rings is 1. The molecule has 0 saturated heterocycles. The molecule has 9 nitrogen and oxygen atoms in total. The summed E-state index contributed by atoms with van der Waals surface area (Å²) in [6, 6.07) is 3.62. The molecular weight excluding hydrogens is 383 g/mol. The number of ether oxygens (including phenoxy) is 1. The van der Waals surface area contributed by atoms with Crippen molar-refractivity contribution in [2.24, 2.45) is 17.3 Å². The summed E-state index contributed by atoms with van der Waals surface area (Å²) >= 11 is 0. The van der Waals surface area contributed by atoms with Crippen LogP contribution in [0, 0.1) is 25.2 Å². The van der Waals surface area contributed by atoms with E-state index in [1.54, 1.807) is 24.7 Å². The Kier molecular flexibility index (Phi) is 7.68. The molecule has 2 aromatic rings. The van der Waals surface area contributed by atoms with Gasteiger partial charge in [0.15, 0.2) is 11.5 Å². The van der Waals surface area contributed by atoms with Crippen molar-refractivity contribution in [1.29, 1.82) is 5.26 Å². The van der Waals surface area contributed by atoms with Gasteiger partial charge in [0.25, 0.3) is 5.56 Å². The van der Waals surface area contributed by atoms with Gasteiger partial charge in [-0.3, -0.25) is 14.0 Å². The summed E-state index contributed by atoms with van der Waals surface area (Å²) in [5, 5.41) is 31.6. The van der Waals surface area contributed by atoms with Crippen molar-refractivity contribution in [2.75, 3.05) is 13.2 Å². The molecule has 0 aliphatic heterocycles.